The Morgan fingerprint density at radius 1 is 0.386 bits per heavy atom. The van der Waals surface area contributed by atoms with Gasteiger partial charge in [0.1, 0.15) is 18.1 Å². The molecule has 19 nitrogen and oxygen atoms in total. The lowest BCUT2D eigenvalue weighted by atomic mass is 9.92. The largest absolute Gasteiger partial charge is 0.497 e. The second-order valence-electron chi connectivity index (χ2n) is 35.2. The fourth-order valence-corrected chi connectivity index (χ4v) is 22.2. The molecule has 6 atom stereocenters. The molecule has 0 fully saturated rings. The monoisotopic (exact) mass is 2110 g/mol. The maximum atomic E-state index is 13.5. The van der Waals surface area contributed by atoms with Gasteiger partial charge in [-0.05, 0) is 275 Å². The summed E-state index contributed by atoms with van der Waals surface area (Å²) < 4.78 is 44.5. The van der Waals surface area contributed by atoms with Gasteiger partial charge >= 0.3 is 6.03 Å². The first-order valence-corrected chi connectivity index (χ1v) is 50.4. The van der Waals surface area contributed by atoms with E-state index < -0.39 is 11.6 Å². The molecular formula is C111H98Br2Cl6F2N14O5. The topological polar surface area (TPSA) is 247 Å². The second-order valence-corrected chi connectivity index (χ2v) is 39.5. The summed E-state index contributed by atoms with van der Waals surface area (Å²) in [5.74, 6) is 0.363. The Morgan fingerprint density at radius 2 is 0.743 bits per heavy atom. The van der Waals surface area contributed by atoms with Crippen LogP contribution in [0.3, 0.4) is 0 Å². The highest BCUT2D eigenvalue weighted by atomic mass is 79.9. The zero-order valence-electron chi connectivity index (χ0n) is 76.5. The summed E-state index contributed by atoms with van der Waals surface area (Å²) in [6, 6.07) is 84.5. The number of fused-ring (bicyclic) bond motifs is 18. The number of rotatable bonds is 12. The van der Waals surface area contributed by atoms with Gasteiger partial charge in [0.25, 0.3) is 0 Å². The van der Waals surface area contributed by atoms with Crippen molar-refractivity contribution in [3.8, 4) is 17.6 Å². The molecule has 140 heavy (non-hydrogen) atoms. The molecule has 29 heteroatoms. The third-order valence-electron chi connectivity index (χ3n) is 26.9. The van der Waals surface area contributed by atoms with E-state index in [1.807, 2.05) is 161 Å². The van der Waals surface area contributed by atoms with Crippen LogP contribution in [0.5, 0.6) is 11.5 Å². The van der Waals surface area contributed by atoms with Crippen LogP contribution in [-0.2, 0) is 48.1 Å². The van der Waals surface area contributed by atoms with Crippen molar-refractivity contribution in [1.82, 2.24) is 66.3 Å². The van der Waals surface area contributed by atoms with E-state index in [1.165, 1.54) is 106 Å². The average molecular weight is 2120 g/mol. The number of aromatic nitrogens is 6. The Kier molecular flexibility index (Phi) is 29.9. The molecular weight excluding hydrogens is 2020 g/mol. The van der Waals surface area contributed by atoms with Crippen LogP contribution in [0.2, 0.25) is 25.1 Å². The number of H-pyrrole nitrogens is 6. The van der Waals surface area contributed by atoms with Crippen LogP contribution >= 0.6 is 101 Å². The Morgan fingerprint density at radius 3 is 1.15 bits per heavy atom. The van der Waals surface area contributed by atoms with Crippen molar-refractivity contribution in [3.63, 3.8) is 0 Å². The molecule has 6 aliphatic rings. The highest BCUT2D eigenvalue weighted by Crippen LogP contribution is 2.46. The van der Waals surface area contributed by atoms with Crippen LogP contribution in [0.25, 0.3) is 65.4 Å². The number of halogens is 10. The highest BCUT2D eigenvalue weighted by molar-refractivity contribution is 9.10. The quantitative estimate of drug-likeness (QED) is 0.0517. The molecule has 6 unspecified atom stereocenters. The van der Waals surface area contributed by atoms with Gasteiger partial charge in [-0.2, -0.15) is 5.26 Å². The van der Waals surface area contributed by atoms with E-state index in [0.29, 0.717) is 51.7 Å². The van der Waals surface area contributed by atoms with Crippen LogP contribution in [0.15, 0.2) is 264 Å². The van der Waals surface area contributed by atoms with Crippen molar-refractivity contribution in [3.05, 3.63) is 407 Å². The summed E-state index contributed by atoms with van der Waals surface area (Å²) in [5, 5.41) is 36.8. The molecule has 0 spiro atoms. The third-order valence-corrected chi connectivity index (χ3v) is 29.2. The lowest BCUT2D eigenvalue weighted by Gasteiger charge is -2.36. The smallest absolute Gasteiger partial charge is 0.318 e. The van der Waals surface area contributed by atoms with Gasteiger partial charge < -0.3 is 80.5 Å². The first-order valence-electron chi connectivity index (χ1n) is 46.3. The Balaban J connectivity index is 0.000000107. The van der Waals surface area contributed by atoms with Crippen LogP contribution in [0, 0.1) is 23.0 Å². The first kappa shape index (κ1) is 96.9. The van der Waals surface area contributed by atoms with Gasteiger partial charge in [-0.1, -0.05) is 175 Å². The molecule has 6 aromatic heterocycles. The lowest BCUT2D eigenvalue weighted by molar-refractivity contribution is -0.137. The van der Waals surface area contributed by atoms with Crippen molar-refractivity contribution in [2.45, 2.75) is 74.8 Å². The van der Waals surface area contributed by atoms with E-state index in [1.54, 1.807) is 27.4 Å². The number of amides is 3. The number of alkyl halides is 1. The van der Waals surface area contributed by atoms with Crippen molar-refractivity contribution in [2.24, 2.45) is 0 Å². The number of nitriles is 1. The molecule has 0 aliphatic carbocycles. The van der Waals surface area contributed by atoms with E-state index in [0.717, 1.165) is 162 Å². The zero-order chi connectivity index (χ0) is 96.9. The molecule has 712 valence electrons. The van der Waals surface area contributed by atoms with Gasteiger partial charge in [0, 0.05) is 192 Å². The van der Waals surface area contributed by atoms with Crippen molar-refractivity contribution in [1.29, 1.82) is 5.26 Å². The van der Waals surface area contributed by atoms with Gasteiger partial charge in [0.2, 0.25) is 5.91 Å². The number of hydrogen-bond acceptors (Lipinski definition) is 10. The molecule has 24 rings (SSSR count). The number of nitrogens with zero attached hydrogens (tertiary/aromatic N) is 3. The fraction of sp³-hybridized carbons (Fsp3) is 0.216. The minimum atomic E-state index is -0.830. The fourth-order valence-electron chi connectivity index (χ4n) is 20.4. The van der Waals surface area contributed by atoms with Crippen LogP contribution in [-0.4, -0.2) is 131 Å². The predicted molar refractivity (Wildman–Crippen MR) is 566 cm³/mol. The van der Waals surface area contributed by atoms with Crippen molar-refractivity contribution in [2.75, 3.05) is 79.6 Å². The molecule has 0 saturated heterocycles. The van der Waals surface area contributed by atoms with Crippen LogP contribution in [0.4, 0.5) is 13.6 Å². The number of benzene rings is 12. The van der Waals surface area contributed by atoms with Crippen molar-refractivity contribution < 1.29 is 32.6 Å². The predicted octanol–water partition coefficient (Wildman–Crippen LogP) is 25.9. The number of ether oxygens (including phenoxy) is 3. The first-order chi connectivity index (χ1) is 68.2. The van der Waals surface area contributed by atoms with Gasteiger partial charge in [-0.15, -0.1) is 11.6 Å². The van der Waals surface area contributed by atoms with E-state index in [9.17, 15) is 18.4 Å². The maximum Gasteiger partial charge on any atom is 0.318 e. The van der Waals surface area contributed by atoms with Gasteiger partial charge in [0.15, 0.2) is 11.6 Å². The second kappa shape index (κ2) is 43.3. The summed E-state index contributed by atoms with van der Waals surface area (Å²) in [5.41, 5.74) is 28.4. The van der Waals surface area contributed by atoms with Gasteiger partial charge in [-0.3, -0.25) is 4.79 Å². The Bertz CT molecular complexity index is 7660. The summed E-state index contributed by atoms with van der Waals surface area (Å²) in [6.07, 6.45) is 5.52. The van der Waals surface area contributed by atoms with Crippen LogP contribution < -0.4 is 36.1 Å². The van der Waals surface area contributed by atoms with Gasteiger partial charge in [-0.25, -0.2) is 13.6 Å². The van der Waals surface area contributed by atoms with Crippen molar-refractivity contribution >= 4 is 179 Å². The number of hydrogen-bond donors (Lipinski definition) is 11. The molecule has 6 aliphatic heterocycles. The number of methoxy groups -OCH3 is 3. The molecule has 11 N–H and O–H groups in total. The maximum absolute atomic E-state index is 13.5. The van der Waals surface area contributed by atoms with E-state index in [4.69, 9.17) is 89.1 Å². The SMILES string of the molecule is COCC(=O)N1CCc2c([nH]c3ccc(Br)cc23)C1c1cccc(Cl)c1.COc1ccc(C2NCCc3c2[nH]c2ccc(Br)cc32)cc1.COc1ccc(C2c3[nH]c4ccc(Cl)cc4c3CCN2C(=O)NCCCl)cc1.Clc1ccc2[nH]c3c(c2c1)CCNC3c1ccccc1.Fc1ccc(C2NCCc3c2[nH]c2ccc(Cl)cc32)cc1F.N#Cc1ccc(C2NCCc3c2[nH]c2ccc(Cl)cc32)cc1. The summed E-state index contributed by atoms with van der Waals surface area (Å²) in [4.78, 5) is 50.4. The molecule has 18 aromatic rings. The van der Waals surface area contributed by atoms with Gasteiger partial charge in [0.05, 0.1) is 62.1 Å². The Hall–Kier alpha value is -11.9. The molecule has 12 heterocycles. The summed E-state index contributed by atoms with van der Waals surface area (Å²) in [7, 11) is 4.88. The zero-order valence-corrected chi connectivity index (χ0v) is 84.2. The lowest BCUT2D eigenvalue weighted by Crippen LogP contribution is -2.46. The number of carbonyl (C=O) groups is 2. The Labute approximate surface area is 854 Å². The number of urea groups is 1. The molecule has 0 radical (unpaired) electrons. The summed E-state index contributed by atoms with van der Waals surface area (Å²) in [6.45, 7) is 5.44. The number of aromatic amines is 6. The third kappa shape index (κ3) is 20.5. The molecule has 0 bridgehead atoms. The minimum absolute atomic E-state index is 0.0250. The summed E-state index contributed by atoms with van der Waals surface area (Å²) >= 11 is 43.7. The van der Waals surface area contributed by atoms with E-state index in [2.05, 4.69) is 179 Å². The number of nitrogens with one attached hydrogen (secondary N) is 11. The molecule has 0 saturated carbocycles. The normalized spacial score (nSPS) is 17.1. The number of carbonyl (C=O) groups excluding carboxylic acids is 2. The minimum Gasteiger partial charge on any atom is -0.497 e. The van der Waals surface area contributed by atoms with Crippen LogP contribution in [0.1, 0.15) is 143 Å². The van der Waals surface area contributed by atoms with E-state index >= 15 is 0 Å². The highest BCUT2D eigenvalue weighted by Gasteiger charge is 2.38. The molecule has 12 aromatic carbocycles. The average Bonchev–Trinajstić information content (AvgIpc) is 1.58. The molecule has 3 amide bonds. The standard InChI is InChI=1S/C21H21Cl2N3O2.C20H18BrClN2O2.C18H17BrN2O.C18H14ClN3.C17H13ClF2N2.C17H15ClN2/c1-28-15-5-2-13(3-6-15)20-19-16(8-11-26(20)21(27)24-10-9-22)17-12-14(23)4-7-18(17)25-19;1-26-11-18(25)24-8-7-15-16-10-13(21)5-6-17(16)23-19(15)20(24)12-3-2-4-14(22)9-12;1-22-13-5-2-11(3-6-13)17-18-14(8-9-20-17)15-10-12(19)4-7-16(15)21-18;19-13-5-6-16-15(9-13)14-7-8-21-17(18(14)22-16)12-3-1-11(10-20)2-4-12;18-10-2-4-15-12(8-10)11-5-6-21-16(17(11)22-15)9-1-3-13(19)14(20)7-9;18-12-6-7-15-14(10-12)13-8-9-19-16(17(13)20-15)11-4-2-1-3-5-11/h2-7,12,20,25H,8-11H2,1H3,(H,24,27);2-6,9-10,20,23H,7-8,11H2,1H3;2-7,10,17,20-21H,8-9H2,1H3;1-6,9,17,21-22H,7-8H2;1-4,7-8,16,21-22H,5-6H2;1-7,10,16,19-20H,8-9H2. The van der Waals surface area contributed by atoms with E-state index in [-0.39, 0.29) is 54.8 Å².